The van der Waals surface area contributed by atoms with Crippen molar-refractivity contribution in [3.05, 3.63) is 65.0 Å². The molecule has 0 spiro atoms. The number of benzene rings is 1. The third kappa shape index (κ3) is 2.71. The molecular weight excluding hydrogens is 208 g/mol. The first-order valence-corrected chi connectivity index (χ1v) is 5.90. The Morgan fingerprint density at radius 3 is 2.47 bits per heavy atom. The highest BCUT2D eigenvalue weighted by Crippen LogP contribution is 2.19. The number of nitrogens with two attached hydrogens (primary N) is 1. The number of aryl methyl sites for hydroxylation is 2. The minimum Gasteiger partial charge on any atom is -0.322 e. The zero-order chi connectivity index (χ0) is 12.3. The summed E-state index contributed by atoms with van der Waals surface area (Å²) in [7, 11) is 0. The number of nitrogens with zero attached hydrogens (tertiary/aromatic N) is 1. The van der Waals surface area contributed by atoms with Crippen LogP contribution in [0, 0.1) is 13.8 Å². The van der Waals surface area contributed by atoms with Gasteiger partial charge in [0, 0.05) is 6.20 Å². The third-order valence-corrected chi connectivity index (χ3v) is 3.10. The fourth-order valence-electron chi connectivity index (χ4n) is 2.06. The lowest BCUT2D eigenvalue weighted by Crippen LogP contribution is -2.16. The molecule has 88 valence electrons. The van der Waals surface area contributed by atoms with Gasteiger partial charge in [0.15, 0.2) is 0 Å². The molecule has 2 rings (SSSR count). The fourth-order valence-corrected chi connectivity index (χ4v) is 2.06. The molecule has 2 aromatic rings. The first kappa shape index (κ1) is 11.8. The highest BCUT2D eigenvalue weighted by atomic mass is 14.8. The standard InChI is InChI=1S/C15H18N2/c1-11-6-3-4-8-13(11)10-14(16)15-12(2)7-5-9-17-15/h3-9,14H,10,16H2,1-2H3. The van der Waals surface area contributed by atoms with Crippen molar-refractivity contribution in [2.45, 2.75) is 26.3 Å². The van der Waals surface area contributed by atoms with E-state index in [0.29, 0.717) is 0 Å². The van der Waals surface area contributed by atoms with Crippen LogP contribution >= 0.6 is 0 Å². The van der Waals surface area contributed by atoms with E-state index in [4.69, 9.17) is 5.73 Å². The van der Waals surface area contributed by atoms with Crippen molar-refractivity contribution in [3.63, 3.8) is 0 Å². The van der Waals surface area contributed by atoms with E-state index in [-0.39, 0.29) is 6.04 Å². The van der Waals surface area contributed by atoms with Gasteiger partial charge in [-0.25, -0.2) is 0 Å². The lowest BCUT2D eigenvalue weighted by molar-refractivity contribution is 0.688. The summed E-state index contributed by atoms with van der Waals surface area (Å²) in [6.45, 7) is 4.17. The smallest absolute Gasteiger partial charge is 0.0603 e. The van der Waals surface area contributed by atoms with Gasteiger partial charge in [-0.05, 0) is 43.0 Å². The van der Waals surface area contributed by atoms with E-state index >= 15 is 0 Å². The molecule has 2 nitrogen and oxygen atoms in total. The molecule has 0 aliphatic heterocycles. The summed E-state index contributed by atoms with van der Waals surface area (Å²) < 4.78 is 0. The second-order valence-corrected chi connectivity index (χ2v) is 4.44. The SMILES string of the molecule is Cc1ccccc1CC(N)c1ncccc1C. The number of aromatic nitrogens is 1. The van der Waals surface area contributed by atoms with E-state index in [1.807, 2.05) is 6.07 Å². The van der Waals surface area contributed by atoms with Gasteiger partial charge >= 0.3 is 0 Å². The molecule has 0 radical (unpaired) electrons. The van der Waals surface area contributed by atoms with Crippen molar-refractivity contribution in [1.82, 2.24) is 4.98 Å². The molecule has 1 aromatic carbocycles. The van der Waals surface area contributed by atoms with E-state index in [1.54, 1.807) is 6.20 Å². The lowest BCUT2D eigenvalue weighted by atomic mass is 9.98. The van der Waals surface area contributed by atoms with Crippen molar-refractivity contribution in [3.8, 4) is 0 Å². The van der Waals surface area contributed by atoms with Crippen LogP contribution in [-0.4, -0.2) is 4.98 Å². The number of rotatable bonds is 3. The van der Waals surface area contributed by atoms with E-state index < -0.39 is 0 Å². The van der Waals surface area contributed by atoms with Crippen LogP contribution in [0.15, 0.2) is 42.6 Å². The molecule has 0 fully saturated rings. The van der Waals surface area contributed by atoms with Crippen molar-refractivity contribution in [2.75, 3.05) is 0 Å². The van der Waals surface area contributed by atoms with Gasteiger partial charge in [-0.15, -0.1) is 0 Å². The Balaban J connectivity index is 2.20. The van der Waals surface area contributed by atoms with E-state index in [1.165, 1.54) is 11.1 Å². The van der Waals surface area contributed by atoms with E-state index in [2.05, 4.69) is 49.2 Å². The molecule has 0 aliphatic rings. The van der Waals surface area contributed by atoms with Gasteiger partial charge in [0.05, 0.1) is 11.7 Å². The second-order valence-electron chi connectivity index (χ2n) is 4.44. The molecule has 0 aliphatic carbocycles. The zero-order valence-electron chi connectivity index (χ0n) is 10.4. The summed E-state index contributed by atoms with van der Waals surface area (Å²) in [5.74, 6) is 0. The highest BCUT2D eigenvalue weighted by Gasteiger charge is 2.11. The topological polar surface area (TPSA) is 38.9 Å². The van der Waals surface area contributed by atoms with Crippen LogP contribution in [0.5, 0.6) is 0 Å². The molecular formula is C15H18N2. The van der Waals surface area contributed by atoms with Crippen LogP contribution in [0.4, 0.5) is 0 Å². The van der Waals surface area contributed by atoms with Gasteiger partial charge in [-0.1, -0.05) is 30.3 Å². The maximum atomic E-state index is 6.23. The summed E-state index contributed by atoms with van der Waals surface area (Å²) in [5, 5.41) is 0. The first-order valence-electron chi connectivity index (χ1n) is 5.90. The van der Waals surface area contributed by atoms with Crippen molar-refractivity contribution < 1.29 is 0 Å². The van der Waals surface area contributed by atoms with Crippen LogP contribution in [0.3, 0.4) is 0 Å². The molecule has 1 heterocycles. The molecule has 2 heteroatoms. The first-order chi connectivity index (χ1) is 8.18. The molecule has 2 N–H and O–H groups in total. The van der Waals surface area contributed by atoms with Crippen LogP contribution in [0.25, 0.3) is 0 Å². The van der Waals surface area contributed by atoms with Gasteiger partial charge in [0.1, 0.15) is 0 Å². The van der Waals surface area contributed by atoms with Crippen LogP contribution < -0.4 is 5.73 Å². The molecule has 0 bridgehead atoms. The summed E-state index contributed by atoms with van der Waals surface area (Å²) in [6, 6.07) is 12.3. The Morgan fingerprint density at radius 2 is 1.76 bits per heavy atom. The summed E-state index contributed by atoms with van der Waals surface area (Å²) >= 11 is 0. The second kappa shape index (κ2) is 5.11. The highest BCUT2D eigenvalue weighted by molar-refractivity contribution is 5.29. The largest absolute Gasteiger partial charge is 0.322 e. The maximum absolute atomic E-state index is 6.23. The zero-order valence-corrected chi connectivity index (χ0v) is 10.4. The minimum absolute atomic E-state index is 0.0303. The predicted octanol–water partition coefficient (Wildman–Crippen LogP) is 2.94. The molecule has 0 saturated heterocycles. The number of hydrogen-bond donors (Lipinski definition) is 1. The van der Waals surface area contributed by atoms with Gasteiger partial charge in [-0.2, -0.15) is 0 Å². The van der Waals surface area contributed by atoms with Crippen LogP contribution in [0.1, 0.15) is 28.4 Å². The summed E-state index contributed by atoms with van der Waals surface area (Å²) in [4.78, 5) is 4.38. The van der Waals surface area contributed by atoms with Gasteiger partial charge in [-0.3, -0.25) is 4.98 Å². The van der Waals surface area contributed by atoms with E-state index in [0.717, 1.165) is 17.7 Å². The van der Waals surface area contributed by atoms with Crippen molar-refractivity contribution >= 4 is 0 Å². The lowest BCUT2D eigenvalue weighted by Gasteiger charge is -2.14. The fraction of sp³-hybridized carbons (Fsp3) is 0.267. The Morgan fingerprint density at radius 1 is 1.06 bits per heavy atom. The Kier molecular flexibility index (Phi) is 3.55. The van der Waals surface area contributed by atoms with Crippen LogP contribution in [-0.2, 0) is 6.42 Å². The Labute approximate surface area is 103 Å². The normalized spacial score (nSPS) is 12.4. The minimum atomic E-state index is -0.0303. The summed E-state index contributed by atoms with van der Waals surface area (Å²) in [6.07, 6.45) is 2.64. The van der Waals surface area contributed by atoms with Crippen molar-refractivity contribution in [2.24, 2.45) is 5.73 Å². The molecule has 0 amide bonds. The summed E-state index contributed by atoms with van der Waals surface area (Å²) in [5.41, 5.74) is 11.0. The Bertz CT molecular complexity index is 506. The predicted molar refractivity (Wildman–Crippen MR) is 70.8 cm³/mol. The third-order valence-electron chi connectivity index (χ3n) is 3.10. The molecule has 1 unspecified atom stereocenters. The van der Waals surface area contributed by atoms with E-state index in [9.17, 15) is 0 Å². The van der Waals surface area contributed by atoms with Crippen LogP contribution in [0.2, 0.25) is 0 Å². The molecule has 17 heavy (non-hydrogen) atoms. The van der Waals surface area contributed by atoms with Crippen molar-refractivity contribution in [1.29, 1.82) is 0 Å². The number of pyridine rings is 1. The average Bonchev–Trinajstić information content (AvgIpc) is 2.32. The average molecular weight is 226 g/mol. The molecule has 1 atom stereocenters. The monoisotopic (exact) mass is 226 g/mol. The molecule has 0 saturated carbocycles. The van der Waals surface area contributed by atoms with Gasteiger partial charge in [0.2, 0.25) is 0 Å². The Hall–Kier alpha value is -1.67. The quantitative estimate of drug-likeness (QED) is 0.874. The van der Waals surface area contributed by atoms with Gasteiger partial charge < -0.3 is 5.73 Å². The molecule has 1 aromatic heterocycles. The number of hydrogen-bond acceptors (Lipinski definition) is 2. The maximum Gasteiger partial charge on any atom is 0.0603 e. The van der Waals surface area contributed by atoms with Gasteiger partial charge in [0.25, 0.3) is 0 Å².